The van der Waals surface area contributed by atoms with Crippen LogP contribution in [0.15, 0.2) is 18.2 Å². The monoisotopic (exact) mass is 360 g/mol. The molecular formula is C21H32N2O3. The number of amides is 1. The second-order valence-electron chi connectivity index (χ2n) is 7.77. The Labute approximate surface area is 157 Å². The van der Waals surface area contributed by atoms with Gasteiger partial charge in [0.1, 0.15) is 0 Å². The summed E-state index contributed by atoms with van der Waals surface area (Å²) in [5.74, 6) is 2.78. The fourth-order valence-corrected chi connectivity index (χ4v) is 4.22. The molecule has 1 amide bonds. The van der Waals surface area contributed by atoms with E-state index in [0.717, 1.165) is 63.5 Å². The molecule has 0 unspecified atom stereocenters. The molecule has 0 saturated carbocycles. The smallest absolute Gasteiger partial charge is 0.225 e. The van der Waals surface area contributed by atoms with Gasteiger partial charge >= 0.3 is 0 Å². The molecule has 144 valence electrons. The highest BCUT2D eigenvalue weighted by Crippen LogP contribution is 2.29. The number of benzene rings is 1. The summed E-state index contributed by atoms with van der Waals surface area (Å²) < 4.78 is 10.7. The molecule has 0 aromatic heterocycles. The van der Waals surface area contributed by atoms with E-state index in [2.05, 4.69) is 22.8 Å². The summed E-state index contributed by atoms with van der Waals surface area (Å²) in [6.07, 6.45) is 4.35. The van der Waals surface area contributed by atoms with Crippen LogP contribution < -0.4 is 9.47 Å². The summed E-state index contributed by atoms with van der Waals surface area (Å²) in [6.45, 7) is 7.01. The summed E-state index contributed by atoms with van der Waals surface area (Å²) in [6, 6.07) is 6.10. The first-order valence-electron chi connectivity index (χ1n) is 9.82. The number of methoxy groups -OCH3 is 2. The van der Waals surface area contributed by atoms with Crippen molar-refractivity contribution in [1.29, 1.82) is 0 Å². The number of piperidine rings is 2. The third-order valence-corrected chi connectivity index (χ3v) is 5.76. The van der Waals surface area contributed by atoms with Gasteiger partial charge in [-0.15, -0.1) is 0 Å². The van der Waals surface area contributed by atoms with Gasteiger partial charge < -0.3 is 14.4 Å². The molecule has 1 atom stereocenters. The van der Waals surface area contributed by atoms with Gasteiger partial charge in [-0.1, -0.05) is 13.0 Å². The van der Waals surface area contributed by atoms with E-state index in [0.29, 0.717) is 11.8 Å². The van der Waals surface area contributed by atoms with E-state index in [4.69, 9.17) is 9.47 Å². The van der Waals surface area contributed by atoms with Gasteiger partial charge in [0.25, 0.3) is 0 Å². The van der Waals surface area contributed by atoms with E-state index in [1.807, 2.05) is 12.1 Å². The van der Waals surface area contributed by atoms with Crippen molar-refractivity contribution in [2.45, 2.75) is 39.2 Å². The third kappa shape index (κ3) is 4.50. The molecule has 0 bridgehead atoms. The Morgan fingerprint density at radius 3 is 2.46 bits per heavy atom. The normalized spacial score (nSPS) is 22.3. The van der Waals surface area contributed by atoms with Crippen LogP contribution in [-0.2, 0) is 11.3 Å². The van der Waals surface area contributed by atoms with Crippen molar-refractivity contribution in [3.63, 3.8) is 0 Å². The number of hydrogen-bond donors (Lipinski definition) is 0. The lowest BCUT2D eigenvalue weighted by atomic mass is 9.92. The first kappa shape index (κ1) is 19.0. The van der Waals surface area contributed by atoms with Crippen molar-refractivity contribution >= 4 is 5.91 Å². The van der Waals surface area contributed by atoms with Gasteiger partial charge in [0.2, 0.25) is 5.91 Å². The minimum atomic E-state index is 0.210. The molecule has 0 radical (unpaired) electrons. The highest BCUT2D eigenvalue weighted by Gasteiger charge is 2.30. The van der Waals surface area contributed by atoms with Crippen LogP contribution in [0.5, 0.6) is 11.5 Å². The average molecular weight is 360 g/mol. The van der Waals surface area contributed by atoms with E-state index in [9.17, 15) is 4.79 Å². The predicted octanol–water partition coefficient (Wildman–Crippen LogP) is 3.17. The lowest BCUT2D eigenvalue weighted by Gasteiger charge is -2.37. The molecule has 1 aromatic carbocycles. The topological polar surface area (TPSA) is 42.0 Å². The van der Waals surface area contributed by atoms with Crippen molar-refractivity contribution in [3.8, 4) is 11.5 Å². The Bertz CT molecular complexity index is 611. The fourth-order valence-electron chi connectivity index (χ4n) is 4.22. The van der Waals surface area contributed by atoms with Gasteiger partial charge in [0, 0.05) is 25.6 Å². The Hall–Kier alpha value is -1.75. The van der Waals surface area contributed by atoms with Gasteiger partial charge in [0.05, 0.1) is 14.2 Å². The minimum absolute atomic E-state index is 0.210. The highest BCUT2D eigenvalue weighted by atomic mass is 16.5. The van der Waals surface area contributed by atoms with Crippen LogP contribution in [0.4, 0.5) is 0 Å². The van der Waals surface area contributed by atoms with Crippen LogP contribution in [-0.4, -0.2) is 56.1 Å². The molecule has 0 N–H and O–H groups in total. The van der Waals surface area contributed by atoms with E-state index < -0.39 is 0 Å². The average Bonchev–Trinajstić information content (AvgIpc) is 2.68. The van der Waals surface area contributed by atoms with Crippen molar-refractivity contribution in [1.82, 2.24) is 9.80 Å². The van der Waals surface area contributed by atoms with Crippen LogP contribution in [0.25, 0.3) is 0 Å². The molecule has 5 heteroatoms. The molecule has 5 nitrogen and oxygen atoms in total. The van der Waals surface area contributed by atoms with E-state index in [1.54, 1.807) is 14.2 Å². The lowest BCUT2D eigenvalue weighted by molar-refractivity contribution is -0.138. The minimum Gasteiger partial charge on any atom is -0.493 e. The van der Waals surface area contributed by atoms with Gasteiger partial charge in [-0.3, -0.25) is 9.69 Å². The first-order valence-corrected chi connectivity index (χ1v) is 9.82. The molecule has 0 spiro atoms. The molecule has 26 heavy (non-hydrogen) atoms. The summed E-state index contributed by atoms with van der Waals surface area (Å²) in [5.41, 5.74) is 1.22. The molecule has 3 rings (SSSR count). The Morgan fingerprint density at radius 2 is 1.81 bits per heavy atom. The summed E-state index contributed by atoms with van der Waals surface area (Å²) in [5, 5.41) is 0. The Kier molecular flexibility index (Phi) is 6.41. The van der Waals surface area contributed by atoms with Gasteiger partial charge in [-0.2, -0.15) is 0 Å². The second-order valence-corrected chi connectivity index (χ2v) is 7.77. The second kappa shape index (κ2) is 8.76. The number of likely N-dealkylation sites (tertiary alicyclic amines) is 2. The van der Waals surface area contributed by atoms with Crippen molar-refractivity contribution in [2.24, 2.45) is 11.8 Å². The van der Waals surface area contributed by atoms with Crippen LogP contribution in [0, 0.1) is 11.8 Å². The fraction of sp³-hybridized carbons (Fsp3) is 0.667. The number of rotatable bonds is 5. The molecule has 2 fully saturated rings. The number of nitrogens with zero attached hydrogens (tertiary/aromatic N) is 2. The van der Waals surface area contributed by atoms with Crippen LogP contribution in [0.1, 0.15) is 38.2 Å². The molecule has 2 heterocycles. The number of hydrogen-bond acceptors (Lipinski definition) is 4. The zero-order valence-electron chi connectivity index (χ0n) is 16.4. The molecule has 2 saturated heterocycles. The van der Waals surface area contributed by atoms with Gasteiger partial charge in [0.15, 0.2) is 11.5 Å². The Morgan fingerprint density at radius 1 is 1.08 bits per heavy atom. The molecular weight excluding hydrogens is 328 g/mol. The van der Waals surface area contributed by atoms with Crippen LogP contribution in [0.3, 0.4) is 0 Å². The molecule has 0 aliphatic carbocycles. The number of ether oxygens (including phenoxy) is 2. The standard InChI is InChI=1S/C21H32N2O3/c1-16-5-4-10-23(14-16)21(24)18-8-11-22(12-9-18)15-17-6-7-19(25-2)20(13-17)26-3/h6-7,13,16,18H,4-5,8-12,14-15H2,1-3H3/t16-/m1/s1. The summed E-state index contributed by atoms with van der Waals surface area (Å²) in [4.78, 5) is 17.3. The summed E-state index contributed by atoms with van der Waals surface area (Å²) in [7, 11) is 3.32. The van der Waals surface area contributed by atoms with Crippen molar-refractivity contribution in [3.05, 3.63) is 23.8 Å². The molecule has 2 aliphatic rings. The van der Waals surface area contributed by atoms with Crippen LogP contribution in [0.2, 0.25) is 0 Å². The first-order chi connectivity index (χ1) is 12.6. The quantitative estimate of drug-likeness (QED) is 0.809. The lowest BCUT2D eigenvalue weighted by Crippen LogP contribution is -2.45. The molecule has 1 aromatic rings. The maximum atomic E-state index is 12.8. The maximum Gasteiger partial charge on any atom is 0.225 e. The summed E-state index contributed by atoms with van der Waals surface area (Å²) >= 11 is 0. The van der Waals surface area contributed by atoms with Gasteiger partial charge in [-0.05, 0) is 62.4 Å². The zero-order valence-corrected chi connectivity index (χ0v) is 16.4. The highest BCUT2D eigenvalue weighted by molar-refractivity contribution is 5.79. The van der Waals surface area contributed by atoms with Gasteiger partial charge in [-0.25, -0.2) is 0 Å². The van der Waals surface area contributed by atoms with E-state index >= 15 is 0 Å². The maximum absolute atomic E-state index is 12.8. The molecule has 2 aliphatic heterocycles. The van der Waals surface area contributed by atoms with Crippen molar-refractivity contribution in [2.75, 3.05) is 40.4 Å². The van der Waals surface area contributed by atoms with Crippen molar-refractivity contribution < 1.29 is 14.3 Å². The largest absolute Gasteiger partial charge is 0.493 e. The van der Waals surface area contributed by atoms with Crippen LogP contribution >= 0.6 is 0 Å². The number of carbonyl (C=O) groups is 1. The Balaban J connectivity index is 1.51. The zero-order chi connectivity index (χ0) is 18.5. The predicted molar refractivity (Wildman–Crippen MR) is 103 cm³/mol. The van der Waals surface area contributed by atoms with E-state index in [1.165, 1.54) is 12.0 Å². The SMILES string of the molecule is COc1ccc(CN2CCC(C(=O)N3CCC[C@@H](C)C3)CC2)cc1OC. The van der Waals surface area contributed by atoms with E-state index in [-0.39, 0.29) is 5.92 Å². The third-order valence-electron chi connectivity index (χ3n) is 5.76. The number of carbonyl (C=O) groups excluding carboxylic acids is 1.